The molecule has 3 heterocycles. The highest BCUT2D eigenvalue weighted by atomic mass is 16.6. The quantitative estimate of drug-likeness (QED) is 0.393. The van der Waals surface area contributed by atoms with Crippen molar-refractivity contribution < 1.29 is 23.9 Å². The first-order valence-corrected chi connectivity index (χ1v) is 8.74. The van der Waals surface area contributed by atoms with Gasteiger partial charge in [0, 0.05) is 47.4 Å². The average Bonchev–Trinajstić information content (AvgIpc) is 3.20. The van der Waals surface area contributed by atoms with E-state index in [1.165, 1.54) is 29.2 Å². The summed E-state index contributed by atoms with van der Waals surface area (Å²) in [5.74, 6) is -2.41. The van der Waals surface area contributed by atoms with Gasteiger partial charge in [-0.2, -0.15) is 0 Å². The highest BCUT2D eigenvalue weighted by Gasteiger charge is 2.37. The van der Waals surface area contributed by atoms with Crippen molar-refractivity contribution in [1.82, 2.24) is 14.5 Å². The van der Waals surface area contributed by atoms with Crippen LogP contribution in [0.15, 0.2) is 43.0 Å². The Morgan fingerprint density at radius 1 is 0.786 bits per heavy atom. The van der Waals surface area contributed by atoms with Crippen LogP contribution < -0.4 is 0 Å². The molecule has 138 valence electrons. The van der Waals surface area contributed by atoms with Gasteiger partial charge in [0.2, 0.25) is 0 Å². The molecule has 8 heteroatoms. The third-order valence-corrected chi connectivity index (χ3v) is 5.09. The van der Waals surface area contributed by atoms with Gasteiger partial charge in [-0.3, -0.25) is 14.5 Å². The van der Waals surface area contributed by atoms with Gasteiger partial charge in [0.05, 0.1) is 17.5 Å². The zero-order chi connectivity index (χ0) is 19.4. The first-order valence-electron chi connectivity index (χ1n) is 8.74. The Balaban J connectivity index is 1.57. The second-order valence-electron chi connectivity index (χ2n) is 6.66. The topological polar surface area (TPSA) is 98.6 Å². The number of imide groups is 1. The lowest BCUT2D eigenvalue weighted by atomic mass is 9.87. The minimum absolute atomic E-state index is 0.185. The molecule has 0 fully saturated rings. The lowest BCUT2D eigenvalue weighted by Gasteiger charge is -2.29. The molecule has 1 aromatic heterocycles. The molecule has 0 aliphatic carbocycles. The predicted octanol–water partition coefficient (Wildman–Crippen LogP) is 2.03. The van der Waals surface area contributed by atoms with Crippen molar-refractivity contribution in [3.05, 3.63) is 65.2 Å². The lowest BCUT2D eigenvalue weighted by molar-refractivity contribution is 0.0388. The van der Waals surface area contributed by atoms with E-state index in [9.17, 15) is 19.2 Å². The van der Waals surface area contributed by atoms with Crippen LogP contribution in [-0.2, 0) is 11.3 Å². The van der Waals surface area contributed by atoms with E-state index in [4.69, 9.17) is 4.74 Å². The number of esters is 2. The minimum atomic E-state index is -0.774. The van der Waals surface area contributed by atoms with E-state index in [1.807, 2.05) is 10.8 Å². The summed E-state index contributed by atoms with van der Waals surface area (Å²) in [6.07, 6.45) is 5.73. The molecule has 3 aromatic rings. The van der Waals surface area contributed by atoms with Gasteiger partial charge in [-0.25, -0.2) is 14.6 Å². The van der Waals surface area contributed by atoms with Gasteiger partial charge in [-0.1, -0.05) is 0 Å². The van der Waals surface area contributed by atoms with Crippen molar-refractivity contribution in [2.75, 3.05) is 6.54 Å². The van der Waals surface area contributed by atoms with E-state index >= 15 is 0 Å². The van der Waals surface area contributed by atoms with Gasteiger partial charge in [0.15, 0.2) is 0 Å². The van der Waals surface area contributed by atoms with Crippen molar-refractivity contribution >= 4 is 34.5 Å². The van der Waals surface area contributed by atoms with Crippen LogP contribution in [0.4, 0.5) is 0 Å². The van der Waals surface area contributed by atoms with Gasteiger partial charge in [0.25, 0.3) is 11.8 Å². The average molecular weight is 375 g/mol. The number of nitrogens with zero attached hydrogens (tertiary/aromatic N) is 3. The molecule has 0 N–H and O–H groups in total. The van der Waals surface area contributed by atoms with Crippen molar-refractivity contribution in [2.45, 2.75) is 13.0 Å². The number of ether oxygens (including phenoxy) is 1. The van der Waals surface area contributed by atoms with Gasteiger partial charge in [-0.15, -0.1) is 0 Å². The molecule has 8 nitrogen and oxygen atoms in total. The van der Waals surface area contributed by atoms with Crippen molar-refractivity contribution in [3.8, 4) is 0 Å². The second kappa shape index (κ2) is 5.85. The monoisotopic (exact) mass is 375 g/mol. The first kappa shape index (κ1) is 16.4. The van der Waals surface area contributed by atoms with E-state index in [2.05, 4.69) is 4.98 Å². The lowest BCUT2D eigenvalue weighted by Crippen LogP contribution is -2.41. The molecule has 5 rings (SSSR count). The Morgan fingerprint density at radius 2 is 1.36 bits per heavy atom. The van der Waals surface area contributed by atoms with E-state index in [-0.39, 0.29) is 17.7 Å². The summed E-state index contributed by atoms with van der Waals surface area (Å²) in [6, 6.07) is 5.97. The maximum atomic E-state index is 13.0. The number of amides is 2. The fourth-order valence-electron chi connectivity index (χ4n) is 3.80. The first-order chi connectivity index (χ1) is 13.6. The highest BCUT2D eigenvalue weighted by Crippen LogP contribution is 2.37. The SMILES string of the molecule is O=C1OC(=O)c2ccc3c4c(ccc1c24)C(=O)N(CCCn1ccnc1)C3=O. The van der Waals surface area contributed by atoms with Gasteiger partial charge >= 0.3 is 11.9 Å². The third-order valence-electron chi connectivity index (χ3n) is 5.09. The summed E-state index contributed by atoms with van der Waals surface area (Å²) in [5, 5.41) is 0.664. The smallest absolute Gasteiger partial charge is 0.346 e. The number of rotatable bonds is 4. The molecule has 0 atom stereocenters. The molecular formula is C20H13N3O5. The predicted molar refractivity (Wildman–Crippen MR) is 95.9 cm³/mol. The molecule has 28 heavy (non-hydrogen) atoms. The number of hydrogen-bond acceptors (Lipinski definition) is 6. The number of carbonyl (C=O) groups excluding carboxylic acids is 4. The molecule has 2 aromatic carbocycles. The maximum absolute atomic E-state index is 13.0. The van der Waals surface area contributed by atoms with E-state index in [0.717, 1.165) is 0 Å². The fraction of sp³-hybridized carbons (Fsp3) is 0.150. The highest BCUT2D eigenvalue weighted by molar-refractivity contribution is 6.31. The molecule has 0 bridgehead atoms. The number of aryl methyl sites for hydroxylation is 1. The van der Waals surface area contributed by atoms with Crippen LogP contribution in [0.2, 0.25) is 0 Å². The molecule has 2 aliphatic rings. The molecule has 2 amide bonds. The van der Waals surface area contributed by atoms with Crippen LogP contribution in [0, 0.1) is 0 Å². The number of aromatic nitrogens is 2. The largest absolute Gasteiger partial charge is 0.386 e. The van der Waals surface area contributed by atoms with Crippen LogP contribution in [0.3, 0.4) is 0 Å². The van der Waals surface area contributed by atoms with Crippen LogP contribution in [0.25, 0.3) is 10.8 Å². The summed E-state index contributed by atoms with van der Waals surface area (Å²) in [7, 11) is 0. The van der Waals surface area contributed by atoms with Crippen LogP contribution in [-0.4, -0.2) is 44.7 Å². The normalized spacial score (nSPS) is 15.4. The number of benzene rings is 2. The minimum Gasteiger partial charge on any atom is -0.386 e. The Hall–Kier alpha value is -3.81. The Morgan fingerprint density at radius 3 is 1.93 bits per heavy atom. The third kappa shape index (κ3) is 2.21. The summed E-state index contributed by atoms with van der Waals surface area (Å²) in [5.41, 5.74) is 0.981. The zero-order valence-corrected chi connectivity index (χ0v) is 14.5. The second-order valence-corrected chi connectivity index (χ2v) is 6.66. The van der Waals surface area contributed by atoms with E-state index < -0.39 is 23.8 Å². The van der Waals surface area contributed by atoms with Crippen LogP contribution >= 0.6 is 0 Å². The summed E-state index contributed by atoms with van der Waals surface area (Å²) in [6.45, 7) is 0.874. The molecule has 2 aliphatic heterocycles. The number of carbonyl (C=O) groups is 4. The Bertz CT molecular complexity index is 1130. The van der Waals surface area contributed by atoms with E-state index in [1.54, 1.807) is 12.5 Å². The number of cyclic esters (lactones) is 2. The molecule has 0 saturated carbocycles. The summed E-state index contributed by atoms with van der Waals surface area (Å²) >= 11 is 0. The van der Waals surface area contributed by atoms with Crippen molar-refractivity contribution in [1.29, 1.82) is 0 Å². The molecule has 0 spiro atoms. The summed E-state index contributed by atoms with van der Waals surface area (Å²) < 4.78 is 6.60. The molecular weight excluding hydrogens is 362 g/mol. The van der Waals surface area contributed by atoms with Crippen LogP contribution in [0.1, 0.15) is 47.9 Å². The van der Waals surface area contributed by atoms with Crippen molar-refractivity contribution in [3.63, 3.8) is 0 Å². The van der Waals surface area contributed by atoms with E-state index in [0.29, 0.717) is 34.9 Å². The molecule has 0 saturated heterocycles. The molecule has 0 radical (unpaired) electrons. The number of hydrogen-bond donors (Lipinski definition) is 0. The van der Waals surface area contributed by atoms with Gasteiger partial charge in [-0.05, 0) is 30.7 Å². The zero-order valence-electron chi connectivity index (χ0n) is 14.5. The maximum Gasteiger partial charge on any atom is 0.346 e. The Kier molecular flexibility index (Phi) is 3.42. The standard InChI is InChI=1S/C20H13N3O5/c24-17-11-2-4-13-16-14(20(27)28-19(13)26)5-3-12(15(11)16)18(25)23(17)8-1-7-22-9-6-21-10-22/h2-6,9-10H,1,7-8H2. The van der Waals surface area contributed by atoms with Gasteiger partial charge in [0.1, 0.15) is 0 Å². The fourth-order valence-corrected chi connectivity index (χ4v) is 3.80. The van der Waals surface area contributed by atoms with Crippen molar-refractivity contribution in [2.24, 2.45) is 0 Å². The van der Waals surface area contributed by atoms with Gasteiger partial charge < -0.3 is 9.30 Å². The Labute approximate surface area is 158 Å². The number of imidazole rings is 1. The van der Waals surface area contributed by atoms with Crippen LogP contribution in [0.5, 0.6) is 0 Å². The summed E-state index contributed by atoms with van der Waals surface area (Å²) in [4.78, 5) is 55.3. The molecule has 0 unspecified atom stereocenters.